The second-order valence-corrected chi connectivity index (χ2v) is 5.33. The maximum absolute atomic E-state index is 11.9. The third-order valence-corrected chi connectivity index (χ3v) is 4.09. The van der Waals surface area contributed by atoms with Gasteiger partial charge >= 0.3 is 0 Å². The summed E-state index contributed by atoms with van der Waals surface area (Å²) >= 11 is 10.1. The standard InChI is InChI=1S/C13H16ClNOS/c1-9(11-2-4-12(14)5-3-11)15-7-10(8-17)6-13(15)16/h2-5,9-10,17H,6-8H2,1H3. The highest BCUT2D eigenvalue weighted by atomic mass is 35.5. The van der Waals surface area contributed by atoms with Crippen molar-refractivity contribution in [3.05, 3.63) is 34.9 Å². The predicted molar refractivity (Wildman–Crippen MR) is 73.5 cm³/mol. The van der Waals surface area contributed by atoms with Gasteiger partial charge in [-0.25, -0.2) is 0 Å². The number of nitrogens with zero attached hydrogens (tertiary/aromatic N) is 1. The van der Waals surface area contributed by atoms with E-state index >= 15 is 0 Å². The molecule has 1 aromatic carbocycles. The second kappa shape index (κ2) is 5.32. The number of hydrogen-bond donors (Lipinski definition) is 1. The van der Waals surface area contributed by atoms with Crippen LogP contribution in [-0.2, 0) is 4.79 Å². The van der Waals surface area contributed by atoms with E-state index in [-0.39, 0.29) is 11.9 Å². The molecule has 92 valence electrons. The van der Waals surface area contributed by atoms with Crippen molar-refractivity contribution in [3.8, 4) is 0 Å². The lowest BCUT2D eigenvalue weighted by Crippen LogP contribution is -2.28. The van der Waals surface area contributed by atoms with E-state index in [4.69, 9.17) is 11.6 Å². The lowest BCUT2D eigenvalue weighted by atomic mass is 10.1. The molecule has 1 amide bonds. The van der Waals surface area contributed by atoms with Crippen LogP contribution in [0, 0.1) is 5.92 Å². The van der Waals surface area contributed by atoms with E-state index in [9.17, 15) is 4.79 Å². The summed E-state index contributed by atoms with van der Waals surface area (Å²) in [4.78, 5) is 13.8. The van der Waals surface area contributed by atoms with Crippen LogP contribution in [0.2, 0.25) is 5.02 Å². The first-order chi connectivity index (χ1) is 8.11. The maximum Gasteiger partial charge on any atom is 0.223 e. The zero-order chi connectivity index (χ0) is 12.4. The van der Waals surface area contributed by atoms with Crippen LogP contribution in [0.15, 0.2) is 24.3 Å². The average Bonchev–Trinajstić information content (AvgIpc) is 2.71. The van der Waals surface area contributed by atoms with Crippen LogP contribution in [0.25, 0.3) is 0 Å². The lowest BCUT2D eigenvalue weighted by Gasteiger charge is -2.25. The molecule has 0 saturated carbocycles. The zero-order valence-corrected chi connectivity index (χ0v) is 11.4. The Balaban J connectivity index is 2.12. The van der Waals surface area contributed by atoms with Crippen molar-refractivity contribution in [1.29, 1.82) is 0 Å². The minimum absolute atomic E-state index is 0.115. The third-order valence-electron chi connectivity index (χ3n) is 3.32. The monoisotopic (exact) mass is 269 g/mol. The van der Waals surface area contributed by atoms with Crippen LogP contribution in [0.1, 0.15) is 24.9 Å². The Kier molecular flexibility index (Phi) is 4.00. The Hall–Kier alpha value is -0.670. The smallest absolute Gasteiger partial charge is 0.223 e. The zero-order valence-electron chi connectivity index (χ0n) is 9.77. The van der Waals surface area contributed by atoms with Crippen molar-refractivity contribution in [2.45, 2.75) is 19.4 Å². The first kappa shape index (κ1) is 12.8. The van der Waals surface area contributed by atoms with E-state index in [2.05, 4.69) is 19.6 Å². The fourth-order valence-electron chi connectivity index (χ4n) is 2.23. The fraction of sp³-hybridized carbons (Fsp3) is 0.462. The van der Waals surface area contributed by atoms with Gasteiger partial charge in [0.2, 0.25) is 5.91 Å². The van der Waals surface area contributed by atoms with Crippen LogP contribution in [-0.4, -0.2) is 23.1 Å². The first-order valence-electron chi connectivity index (χ1n) is 5.77. The summed E-state index contributed by atoms with van der Waals surface area (Å²) in [6.07, 6.45) is 0.626. The van der Waals surface area contributed by atoms with Gasteiger partial charge in [-0.15, -0.1) is 0 Å². The molecule has 1 aliphatic heterocycles. The van der Waals surface area contributed by atoms with Crippen LogP contribution < -0.4 is 0 Å². The van der Waals surface area contributed by atoms with Gasteiger partial charge in [-0.1, -0.05) is 23.7 Å². The van der Waals surface area contributed by atoms with Gasteiger partial charge in [0, 0.05) is 18.0 Å². The minimum Gasteiger partial charge on any atom is -0.336 e. The first-order valence-corrected chi connectivity index (χ1v) is 6.78. The van der Waals surface area contributed by atoms with Gasteiger partial charge in [-0.05, 0) is 36.3 Å². The van der Waals surface area contributed by atoms with Gasteiger partial charge in [0.25, 0.3) is 0 Å². The lowest BCUT2D eigenvalue weighted by molar-refractivity contribution is -0.129. The fourth-order valence-corrected chi connectivity index (χ4v) is 2.60. The van der Waals surface area contributed by atoms with Crippen molar-refractivity contribution in [1.82, 2.24) is 4.90 Å². The summed E-state index contributed by atoms with van der Waals surface area (Å²) in [6.45, 7) is 2.87. The van der Waals surface area contributed by atoms with Crippen LogP contribution in [0.4, 0.5) is 0 Å². The molecule has 2 rings (SSSR count). The van der Waals surface area contributed by atoms with Crippen molar-refractivity contribution in [2.24, 2.45) is 5.92 Å². The number of halogens is 1. The molecule has 2 atom stereocenters. The molecule has 1 saturated heterocycles. The summed E-state index contributed by atoms with van der Waals surface area (Å²) in [5.41, 5.74) is 1.13. The van der Waals surface area contributed by atoms with Crippen molar-refractivity contribution < 1.29 is 4.79 Å². The quantitative estimate of drug-likeness (QED) is 0.836. The third kappa shape index (κ3) is 2.78. The molecule has 0 bridgehead atoms. The van der Waals surface area contributed by atoms with E-state index in [1.54, 1.807) is 0 Å². The molecular formula is C13H16ClNOS. The molecule has 1 heterocycles. The SMILES string of the molecule is CC(c1ccc(Cl)cc1)N1CC(CS)CC1=O. The summed E-state index contributed by atoms with van der Waals surface area (Å²) in [7, 11) is 0. The minimum atomic E-state index is 0.115. The van der Waals surface area contributed by atoms with E-state index in [1.165, 1.54) is 0 Å². The molecule has 0 radical (unpaired) electrons. The number of carbonyl (C=O) groups is 1. The summed E-state index contributed by atoms with van der Waals surface area (Å²) in [5.74, 6) is 1.39. The topological polar surface area (TPSA) is 20.3 Å². The number of benzene rings is 1. The van der Waals surface area contributed by atoms with Gasteiger partial charge in [0.05, 0.1) is 6.04 Å². The molecule has 1 fully saturated rings. The largest absolute Gasteiger partial charge is 0.336 e. The summed E-state index contributed by atoms with van der Waals surface area (Å²) in [6, 6.07) is 7.81. The molecule has 4 heteroatoms. The van der Waals surface area contributed by atoms with Gasteiger partial charge in [-0.3, -0.25) is 4.79 Å². The molecule has 1 aliphatic rings. The Labute approximate surface area is 112 Å². The number of likely N-dealkylation sites (tertiary alicyclic amines) is 1. The van der Waals surface area contributed by atoms with E-state index in [0.717, 1.165) is 22.9 Å². The summed E-state index contributed by atoms with van der Waals surface area (Å²) in [5, 5.41) is 0.724. The highest BCUT2D eigenvalue weighted by Crippen LogP contribution is 2.29. The van der Waals surface area contributed by atoms with E-state index in [0.29, 0.717) is 12.3 Å². The van der Waals surface area contributed by atoms with E-state index in [1.807, 2.05) is 29.2 Å². The Bertz CT molecular complexity index is 406. The van der Waals surface area contributed by atoms with Gasteiger partial charge in [0.15, 0.2) is 0 Å². The Morgan fingerprint density at radius 2 is 2.12 bits per heavy atom. The van der Waals surface area contributed by atoms with Crippen molar-refractivity contribution >= 4 is 30.1 Å². The molecule has 0 aliphatic carbocycles. The van der Waals surface area contributed by atoms with Gasteiger partial charge in [-0.2, -0.15) is 12.6 Å². The Morgan fingerprint density at radius 1 is 1.47 bits per heavy atom. The molecule has 0 aromatic heterocycles. The maximum atomic E-state index is 11.9. The molecular weight excluding hydrogens is 254 g/mol. The van der Waals surface area contributed by atoms with Crippen LogP contribution in [0.5, 0.6) is 0 Å². The number of rotatable bonds is 3. The molecule has 0 spiro atoms. The molecule has 2 unspecified atom stereocenters. The number of carbonyl (C=O) groups excluding carboxylic acids is 1. The average molecular weight is 270 g/mol. The molecule has 17 heavy (non-hydrogen) atoms. The van der Waals surface area contributed by atoms with Crippen molar-refractivity contribution in [2.75, 3.05) is 12.3 Å². The highest BCUT2D eigenvalue weighted by Gasteiger charge is 2.32. The number of hydrogen-bond acceptors (Lipinski definition) is 2. The number of thiol groups is 1. The summed E-state index contributed by atoms with van der Waals surface area (Å²) < 4.78 is 0. The second-order valence-electron chi connectivity index (χ2n) is 4.53. The molecule has 2 nitrogen and oxygen atoms in total. The molecule has 0 N–H and O–H groups in total. The highest BCUT2D eigenvalue weighted by molar-refractivity contribution is 7.80. The molecule has 1 aromatic rings. The van der Waals surface area contributed by atoms with Crippen LogP contribution in [0.3, 0.4) is 0 Å². The van der Waals surface area contributed by atoms with Crippen molar-refractivity contribution in [3.63, 3.8) is 0 Å². The van der Waals surface area contributed by atoms with Crippen LogP contribution >= 0.6 is 24.2 Å². The predicted octanol–water partition coefficient (Wildman–Crippen LogP) is 3.18. The Morgan fingerprint density at radius 3 is 2.65 bits per heavy atom. The van der Waals surface area contributed by atoms with E-state index < -0.39 is 0 Å². The van der Waals surface area contributed by atoms with Gasteiger partial charge in [0.1, 0.15) is 0 Å². The van der Waals surface area contributed by atoms with Gasteiger partial charge < -0.3 is 4.90 Å². The number of amides is 1. The normalized spacial score (nSPS) is 21.9.